The minimum atomic E-state index is -2.01. The molecule has 2 aliphatic carbocycles. The maximum atomic E-state index is 6.24. The van der Waals surface area contributed by atoms with Crippen molar-refractivity contribution in [3.8, 4) is 0 Å². The first kappa shape index (κ1) is 16.2. The summed E-state index contributed by atoms with van der Waals surface area (Å²) in [4.78, 5) is 0. The molecular formula is C12H22O2PS2Tl. The zero-order valence-electron chi connectivity index (χ0n) is 10.9. The summed E-state index contributed by atoms with van der Waals surface area (Å²) >= 11 is 8.12. The molecule has 1 atom stereocenters. The minimum absolute atomic E-state index is 0.388. The average Bonchev–Trinajstić information content (AvgIpc) is 2.41. The zero-order chi connectivity index (χ0) is 12.8. The Morgan fingerprint density at radius 3 is 2.06 bits per heavy atom. The van der Waals surface area contributed by atoms with E-state index >= 15 is 0 Å². The van der Waals surface area contributed by atoms with E-state index in [1.807, 2.05) is 11.4 Å². The Balaban J connectivity index is 1.85. The predicted molar refractivity (Wildman–Crippen MR) is 83.5 cm³/mol. The Hall–Kier alpha value is 1.84. The van der Waals surface area contributed by atoms with E-state index in [9.17, 15) is 0 Å². The fraction of sp³-hybridized carbons (Fsp3) is 1.00. The molecule has 0 amide bonds. The molecular weight excluding hydrogens is 476 g/mol. The fourth-order valence-electron chi connectivity index (χ4n) is 2.78. The van der Waals surface area contributed by atoms with Gasteiger partial charge in [0.05, 0.1) is 0 Å². The molecule has 0 aromatic heterocycles. The molecule has 6 heteroatoms. The van der Waals surface area contributed by atoms with Gasteiger partial charge in [-0.05, 0) is 0 Å². The van der Waals surface area contributed by atoms with Crippen LogP contribution in [0.3, 0.4) is 0 Å². The third-order valence-electron chi connectivity index (χ3n) is 3.79. The molecule has 0 N–H and O–H groups in total. The van der Waals surface area contributed by atoms with Crippen molar-refractivity contribution in [1.29, 1.82) is 0 Å². The van der Waals surface area contributed by atoms with Crippen molar-refractivity contribution < 1.29 is 7.00 Å². The van der Waals surface area contributed by atoms with Gasteiger partial charge in [0, 0.05) is 0 Å². The van der Waals surface area contributed by atoms with Crippen LogP contribution in [0.5, 0.6) is 0 Å². The van der Waals surface area contributed by atoms with E-state index in [1.165, 1.54) is 64.2 Å². The summed E-state index contributed by atoms with van der Waals surface area (Å²) < 4.78 is 12.0. The quantitative estimate of drug-likeness (QED) is 0.404. The molecule has 2 fully saturated rings. The summed E-state index contributed by atoms with van der Waals surface area (Å²) in [6, 6.07) is 0. The van der Waals surface area contributed by atoms with Crippen LogP contribution in [0.2, 0.25) is 0 Å². The van der Waals surface area contributed by atoms with Crippen LogP contribution in [0, 0.1) is 0 Å². The molecule has 18 heavy (non-hydrogen) atoms. The molecule has 0 radical (unpaired) electrons. The zero-order valence-corrected chi connectivity index (χ0v) is 17.9. The predicted octanol–water partition coefficient (Wildman–Crippen LogP) is 4.73. The molecule has 0 aromatic rings. The Morgan fingerprint density at radius 1 is 0.944 bits per heavy atom. The summed E-state index contributed by atoms with van der Waals surface area (Å²) in [6.45, 7) is 0. The van der Waals surface area contributed by atoms with Gasteiger partial charge in [-0.1, -0.05) is 0 Å². The third kappa shape index (κ3) is 5.32. The van der Waals surface area contributed by atoms with Crippen molar-refractivity contribution in [1.82, 2.24) is 0 Å². The van der Waals surface area contributed by atoms with Crippen molar-refractivity contribution in [2.75, 3.05) is 0 Å². The van der Waals surface area contributed by atoms with Gasteiger partial charge in [-0.25, -0.2) is 0 Å². The SMILES string of the molecule is S=P([O][Tl])(OC1CCCCC1)SC1CCCCC1. The van der Waals surface area contributed by atoms with Crippen LogP contribution < -0.4 is 0 Å². The molecule has 1 unspecified atom stereocenters. The average molecular weight is 498 g/mol. The van der Waals surface area contributed by atoms with Crippen LogP contribution in [0.1, 0.15) is 64.2 Å². The van der Waals surface area contributed by atoms with Crippen LogP contribution in [-0.4, -0.2) is 37.6 Å². The van der Waals surface area contributed by atoms with Crippen molar-refractivity contribution in [3.63, 3.8) is 0 Å². The van der Waals surface area contributed by atoms with Gasteiger partial charge in [-0.2, -0.15) is 0 Å². The van der Waals surface area contributed by atoms with Crippen LogP contribution in [0.4, 0.5) is 0 Å². The first-order valence-corrected chi connectivity index (χ1v) is 13.0. The molecule has 0 spiro atoms. The molecule has 0 saturated heterocycles. The van der Waals surface area contributed by atoms with Crippen molar-refractivity contribution in [2.24, 2.45) is 0 Å². The van der Waals surface area contributed by atoms with Crippen LogP contribution >= 0.6 is 17.1 Å². The van der Waals surface area contributed by atoms with Crippen molar-refractivity contribution in [2.45, 2.75) is 75.6 Å². The second-order valence-corrected chi connectivity index (χ2v) is 14.1. The van der Waals surface area contributed by atoms with Gasteiger partial charge in [0.15, 0.2) is 0 Å². The van der Waals surface area contributed by atoms with E-state index in [4.69, 9.17) is 18.8 Å². The Labute approximate surface area is 137 Å². The van der Waals surface area contributed by atoms with E-state index in [-0.39, 0.29) is 0 Å². The van der Waals surface area contributed by atoms with E-state index in [0.29, 0.717) is 37.6 Å². The molecule has 0 aromatic carbocycles. The molecule has 0 bridgehead atoms. The van der Waals surface area contributed by atoms with E-state index < -0.39 is 5.69 Å². The van der Waals surface area contributed by atoms with Crippen LogP contribution in [-0.2, 0) is 18.8 Å². The molecule has 0 aliphatic heterocycles. The molecule has 2 nitrogen and oxygen atoms in total. The molecule has 2 saturated carbocycles. The van der Waals surface area contributed by atoms with Gasteiger partial charge >= 0.3 is 138 Å². The summed E-state index contributed by atoms with van der Waals surface area (Å²) in [7, 11) is 0. The number of hydrogen-bond acceptors (Lipinski definition) is 4. The van der Waals surface area contributed by atoms with Crippen LogP contribution in [0.25, 0.3) is 0 Å². The summed E-state index contributed by atoms with van der Waals surface area (Å²) in [5.74, 6) is 0. The Kier molecular flexibility index (Phi) is 7.50. The normalized spacial score (nSPS) is 26.8. The summed E-state index contributed by atoms with van der Waals surface area (Å²) in [6.07, 6.45) is 13.5. The fourth-order valence-corrected chi connectivity index (χ4v) is 10.6. The first-order chi connectivity index (χ1) is 8.72. The molecule has 0 heterocycles. The molecule has 102 valence electrons. The topological polar surface area (TPSA) is 18.5 Å². The number of hydrogen-bond donors (Lipinski definition) is 0. The molecule has 2 aliphatic rings. The van der Waals surface area contributed by atoms with Gasteiger partial charge < -0.3 is 0 Å². The van der Waals surface area contributed by atoms with E-state index in [2.05, 4.69) is 0 Å². The maximum absolute atomic E-state index is 6.24. The van der Waals surface area contributed by atoms with E-state index in [1.54, 1.807) is 0 Å². The standard InChI is InChI=1S/C12H23O2PS2.Tl/c13-15(16,14-11-7-3-1-4-8-11)17-12-9-5-2-6-10-12;/h11-12H,1-10H2,(H,13,16);/q;+1/p-1. The summed E-state index contributed by atoms with van der Waals surface area (Å²) in [5.41, 5.74) is -2.01. The monoisotopic (exact) mass is 498 g/mol. The first-order valence-electron chi connectivity index (χ1n) is 7.07. The van der Waals surface area contributed by atoms with Gasteiger partial charge in [0.25, 0.3) is 0 Å². The molecule has 2 rings (SSSR count). The summed E-state index contributed by atoms with van der Waals surface area (Å²) in [5, 5.41) is 0.701. The van der Waals surface area contributed by atoms with Gasteiger partial charge in [-0.3, -0.25) is 0 Å². The van der Waals surface area contributed by atoms with Crippen LogP contribution in [0.15, 0.2) is 0 Å². The van der Waals surface area contributed by atoms with Gasteiger partial charge in [0.2, 0.25) is 0 Å². The van der Waals surface area contributed by atoms with Gasteiger partial charge in [0.1, 0.15) is 0 Å². The number of rotatable bonds is 5. The van der Waals surface area contributed by atoms with Crippen molar-refractivity contribution in [3.05, 3.63) is 0 Å². The van der Waals surface area contributed by atoms with E-state index in [0.717, 1.165) is 0 Å². The second-order valence-electron chi connectivity index (χ2n) is 5.28. The van der Waals surface area contributed by atoms with Crippen molar-refractivity contribution >= 4 is 55.1 Å². The Morgan fingerprint density at radius 2 is 1.50 bits per heavy atom. The second kappa shape index (κ2) is 8.33. The van der Waals surface area contributed by atoms with Gasteiger partial charge in [-0.15, -0.1) is 0 Å². The third-order valence-corrected chi connectivity index (χ3v) is 16.1. The Bertz CT molecular complexity index is 268.